The Morgan fingerprint density at radius 3 is 2.83 bits per heavy atom. The summed E-state index contributed by atoms with van der Waals surface area (Å²) in [6.45, 7) is 5.45. The first kappa shape index (κ1) is 14.0. The molecule has 2 atom stereocenters. The van der Waals surface area contributed by atoms with Crippen LogP contribution < -0.4 is 5.32 Å². The van der Waals surface area contributed by atoms with Crippen LogP contribution in [0.25, 0.3) is 0 Å². The average molecular weight is 318 g/mol. The van der Waals surface area contributed by atoms with Crippen molar-refractivity contribution in [2.45, 2.75) is 38.8 Å². The molecule has 0 saturated carbocycles. The minimum atomic E-state index is -1.18. The lowest BCUT2D eigenvalue weighted by Gasteiger charge is -2.34. The quantitative estimate of drug-likeness (QED) is 0.929. The first-order valence-corrected chi connectivity index (χ1v) is 7.28. The van der Waals surface area contributed by atoms with Gasteiger partial charge in [-0.1, -0.05) is 0 Å². The van der Waals surface area contributed by atoms with E-state index in [0.717, 1.165) is 41.8 Å². The van der Waals surface area contributed by atoms with Crippen LogP contribution in [0.15, 0.2) is 4.47 Å². The Labute approximate surface area is 116 Å². The van der Waals surface area contributed by atoms with E-state index in [1.807, 2.05) is 14.0 Å². The van der Waals surface area contributed by atoms with Gasteiger partial charge in [0.15, 0.2) is 0 Å². The second-order valence-electron chi connectivity index (χ2n) is 5.47. The van der Waals surface area contributed by atoms with Gasteiger partial charge in [0.1, 0.15) is 5.67 Å². The fourth-order valence-electron chi connectivity index (χ4n) is 2.71. The van der Waals surface area contributed by atoms with Crippen molar-refractivity contribution < 1.29 is 4.39 Å². The molecule has 2 heterocycles. The van der Waals surface area contributed by atoms with E-state index < -0.39 is 5.67 Å². The van der Waals surface area contributed by atoms with Gasteiger partial charge in [0, 0.05) is 25.9 Å². The van der Waals surface area contributed by atoms with Gasteiger partial charge in [-0.15, -0.1) is 0 Å². The maximum absolute atomic E-state index is 14.9. The van der Waals surface area contributed by atoms with Gasteiger partial charge in [-0.05, 0) is 49.2 Å². The molecule has 1 N–H and O–H groups in total. The summed E-state index contributed by atoms with van der Waals surface area (Å²) in [6, 6.07) is 0. The van der Waals surface area contributed by atoms with E-state index in [2.05, 4.69) is 26.3 Å². The van der Waals surface area contributed by atoms with Crippen molar-refractivity contribution in [1.82, 2.24) is 15.1 Å². The minimum absolute atomic E-state index is 0.0911. The molecular formula is C13H21BrFN3. The SMILES string of the molecule is Cc1nn(C)c(CC(C)(F)C2CCCNC2)c1Br. The fourth-order valence-corrected chi connectivity index (χ4v) is 3.19. The molecule has 1 aliphatic rings. The number of aromatic nitrogens is 2. The van der Waals surface area contributed by atoms with Gasteiger partial charge in [0.05, 0.1) is 15.9 Å². The van der Waals surface area contributed by atoms with Crippen molar-refractivity contribution in [2.24, 2.45) is 13.0 Å². The number of nitrogens with zero attached hydrogens (tertiary/aromatic N) is 2. The van der Waals surface area contributed by atoms with Crippen LogP contribution in [0.5, 0.6) is 0 Å². The summed E-state index contributed by atoms with van der Waals surface area (Å²) in [5.74, 6) is 0.0911. The second-order valence-corrected chi connectivity index (χ2v) is 6.26. The Kier molecular flexibility index (Phi) is 4.11. The molecule has 18 heavy (non-hydrogen) atoms. The van der Waals surface area contributed by atoms with E-state index in [-0.39, 0.29) is 5.92 Å². The van der Waals surface area contributed by atoms with Crippen LogP contribution in [0.1, 0.15) is 31.2 Å². The zero-order chi connectivity index (χ0) is 13.3. The highest BCUT2D eigenvalue weighted by atomic mass is 79.9. The average Bonchev–Trinajstić information content (AvgIpc) is 2.57. The summed E-state index contributed by atoms with van der Waals surface area (Å²) >= 11 is 3.51. The molecule has 1 aliphatic heterocycles. The van der Waals surface area contributed by atoms with E-state index in [1.165, 1.54) is 0 Å². The molecule has 3 nitrogen and oxygen atoms in total. The number of aryl methyl sites for hydroxylation is 2. The molecule has 0 spiro atoms. The van der Waals surface area contributed by atoms with Gasteiger partial charge in [-0.3, -0.25) is 4.68 Å². The summed E-state index contributed by atoms with van der Waals surface area (Å²) in [5, 5.41) is 7.61. The van der Waals surface area contributed by atoms with E-state index in [0.29, 0.717) is 6.42 Å². The Hall–Kier alpha value is -0.420. The molecule has 0 aliphatic carbocycles. The number of hydrogen-bond donors (Lipinski definition) is 1. The van der Waals surface area contributed by atoms with Gasteiger partial charge < -0.3 is 5.32 Å². The summed E-state index contributed by atoms with van der Waals surface area (Å²) in [5.41, 5.74) is 0.684. The predicted octanol–water partition coefficient (Wildman–Crippen LogP) is 2.76. The summed E-state index contributed by atoms with van der Waals surface area (Å²) < 4.78 is 17.7. The van der Waals surface area contributed by atoms with Crippen molar-refractivity contribution in [2.75, 3.05) is 13.1 Å². The lowest BCUT2D eigenvalue weighted by molar-refractivity contribution is 0.0811. The van der Waals surface area contributed by atoms with Crippen molar-refractivity contribution in [3.63, 3.8) is 0 Å². The molecule has 2 rings (SSSR count). The van der Waals surface area contributed by atoms with E-state index in [4.69, 9.17) is 0 Å². The number of alkyl halides is 1. The Morgan fingerprint density at radius 2 is 2.33 bits per heavy atom. The smallest absolute Gasteiger partial charge is 0.117 e. The van der Waals surface area contributed by atoms with E-state index in [1.54, 1.807) is 11.6 Å². The topological polar surface area (TPSA) is 29.9 Å². The van der Waals surface area contributed by atoms with E-state index >= 15 is 0 Å². The third-order valence-electron chi connectivity index (χ3n) is 3.92. The number of nitrogens with one attached hydrogen (secondary N) is 1. The number of rotatable bonds is 3. The molecule has 1 fully saturated rings. The van der Waals surface area contributed by atoms with E-state index in [9.17, 15) is 4.39 Å². The van der Waals surface area contributed by atoms with Crippen LogP contribution in [-0.2, 0) is 13.5 Å². The van der Waals surface area contributed by atoms with Crippen molar-refractivity contribution in [3.05, 3.63) is 15.9 Å². The first-order valence-electron chi connectivity index (χ1n) is 6.49. The molecule has 2 unspecified atom stereocenters. The number of hydrogen-bond acceptors (Lipinski definition) is 2. The number of halogens is 2. The standard InChI is InChI=1S/C13H21BrFN3/c1-9-12(14)11(18(3)17-9)7-13(2,15)10-5-4-6-16-8-10/h10,16H,4-8H2,1-3H3. The van der Waals surface area contributed by atoms with Gasteiger partial charge in [-0.2, -0.15) is 5.10 Å². The van der Waals surface area contributed by atoms with Crippen LogP contribution in [0.2, 0.25) is 0 Å². The molecule has 102 valence electrons. The highest BCUT2D eigenvalue weighted by Gasteiger charge is 2.36. The molecule has 1 aromatic rings. The van der Waals surface area contributed by atoms with Crippen molar-refractivity contribution in [3.8, 4) is 0 Å². The molecule has 0 bridgehead atoms. The lowest BCUT2D eigenvalue weighted by atomic mass is 9.82. The summed E-state index contributed by atoms with van der Waals surface area (Å²) in [6.07, 6.45) is 2.45. The number of piperidine rings is 1. The molecular weight excluding hydrogens is 297 g/mol. The van der Waals surface area contributed by atoms with Crippen LogP contribution in [0, 0.1) is 12.8 Å². The molecule has 1 aromatic heterocycles. The Morgan fingerprint density at radius 1 is 1.61 bits per heavy atom. The van der Waals surface area contributed by atoms with Crippen molar-refractivity contribution in [1.29, 1.82) is 0 Å². The zero-order valence-corrected chi connectivity index (χ0v) is 12.8. The zero-order valence-electron chi connectivity index (χ0n) is 11.3. The van der Waals surface area contributed by atoms with Gasteiger partial charge in [0.25, 0.3) is 0 Å². The Balaban J connectivity index is 2.15. The van der Waals surface area contributed by atoms with Gasteiger partial charge >= 0.3 is 0 Å². The maximum Gasteiger partial charge on any atom is 0.117 e. The Bertz CT molecular complexity index is 422. The summed E-state index contributed by atoms with van der Waals surface area (Å²) in [7, 11) is 1.88. The largest absolute Gasteiger partial charge is 0.316 e. The molecule has 0 radical (unpaired) electrons. The molecule has 5 heteroatoms. The first-order chi connectivity index (χ1) is 8.42. The highest BCUT2D eigenvalue weighted by Crippen LogP contribution is 2.33. The third kappa shape index (κ3) is 2.77. The van der Waals surface area contributed by atoms with Gasteiger partial charge in [-0.25, -0.2) is 4.39 Å². The van der Waals surface area contributed by atoms with Crippen molar-refractivity contribution >= 4 is 15.9 Å². The monoisotopic (exact) mass is 317 g/mol. The fraction of sp³-hybridized carbons (Fsp3) is 0.769. The maximum atomic E-state index is 14.9. The van der Waals surface area contributed by atoms with Gasteiger partial charge in [0.2, 0.25) is 0 Å². The highest BCUT2D eigenvalue weighted by molar-refractivity contribution is 9.10. The second kappa shape index (κ2) is 5.29. The van der Waals surface area contributed by atoms with Crippen LogP contribution in [-0.4, -0.2) is 28.5 Å². The van der Waals surface area contributed by atoms with Crippen LogP contribution in [0.3, 0.4) is 0 Å². The molecule has 0 aromatic carbocycles. The molecule has 0 amide bonds. The normalized spacial score (nSPS) is 23.9. The molecule has 1 saturated heterocycles. The third-order valence-corrected chi connectivity index (χ3v) is 4.95. The summed E-state index contributed by atoms with van der Waals surface area (Å²) in [4.78, 5) is 0. The van der Waals surface area contributed by atoms with Crippen LogP contribution in [0.4, 0.5) is 4.39 Å². The lowest BCUT2D eigenvalue weighted by Crippen LogP contribution is -2.43. The van der Waals surface area contributed by atoms with Crippen LogP contribution >= 0.6 is 15.9 Å². The minimum Gasteiger partial charge on any atom is -0.316 e. The predicted molar refractivity (Wildman–Crippen MR) is 74.5 cm³/mol.